The Hall–Kier alpha value is -1.01. The molecule has 1 N–H and O–H groups in total. The summed E-state index contributed by atoms with van der Waals surface area (Å²) < 4.78 is 6.83. The predicted molar refractivity (Wildman–Crippen MR) is 79.9 cm³/mol. The first kappa shape index (κ1) is 15.4. The number of hydrogen-bond acceptors (Lipinski definition) is 5. The molecule has 0 spiro atoms. The van der Waals surface area contributed by atoms with Crippen molar-refractivity contribution in [2.24, 2.45) is 7.05 Å². The van der Waals surface area contributed by atoms with Gasteiger partial charge in [-0.25, -0.2) is 0 Å². The van der Waals surface area contributed by atoms with Gasteiger partial charge in [-0.15, -0.1) is 11.8 Å². The third-order valence-electron chi connectivity index (χ3n) is 3.55. The average Bonchev–Trinajstić information content (AvgIpc) is 3.14. The van der Waals surface area contributed by atoms with Gasteiger partial charge in [0.05, 0.1) is 17.8 Å². The molecule has 0 bridgehead atoms. The highest BCUT2D eigenvalue weighted by atomic mass is 32.2. The molecule has 0 amide bonds. The van der Waals surface area contributed by atoms with Gasteiger partial charge < -0.3 is 4.74 Å². The largest absolute Gasteiger partial charge is 0.468 e. The van der Waals surface area contributed by atoms with Crippen LogP contribution < -0.4 is 5.32 Å². The van der Waals surface area contributed by atoms with Crippen LogP contribution in [0.15, 0.2) is 11.1 Å². The van der Waals surface area contributed by atoms with E-state index in [1.807, 2.05) is 25.6 Å². The van der Waals surface area contributed by atoms with E-state index in [9.17, 15) is 4.79 Å². The number of ether oxygens (including phenoxy) is 1. The molecule has 0 saturated heterocycles. The Bertz CT molecular complexity index is 485. The van der Waals surface area contributed by atoms with E-state index in [1.165, 1.54) is 7.11 Å². The molecule has 1 aromatic heterocycles. The molecule has 0 radical (unpaired) electrons. The first-order chi connectivity index (χ1) is 9.44. The van der Waals surface area contributed by atoms with Crippen LogP contribution in [0.4, 0.5) is 0 Å². The molecule has 1 heterocycles. The molecule has 20 heavy (non-hydrogen) atoms. The first-order valence-corrected chi connectivity index (χ1v) is 7.93. The Balaban J connectivity index is 1.91. The van der Waals surface area contributed by atoms with Crippen molar-refractivity contribution in [2.75, 3.05) is 12.9 Å². The van der Waals surface area contributed by atoms with Gasteiger partial charge in [0.1, 0.15) is 5.54 Å². The number of hydrogen-bond donors (Lipinski definition) is 1. The predicted octanol–water partition coefficient (Wildman–Crippen LogP) is 1.89. The second-order valence-corrected chi connectivity index (χ2v) is 6.70. The van der Waals surface area contributed by atoms with Crippen molar-refractivity contribution in [2.45, 2.75) is 49.7 Å². The highest BCUT2D eigenvalue weighted by molar-refractivity contribution is 7.99. The van der Waals surface area contributed by atoms with Gasteiger partial charge in [-0.05, 0) is 39.2 Å². The first-order valence-electron chi connectivity index (χ1n) is 6.94. The number of rotatable bonds is 7. The van der Waals surface area contributed by atoms with Gasteiger partial charge in [0.15, 0.2) is 0 Å². The van der Waals surface area contributed by atoms with Crippen molar-refractivity contribution in [3.8, 4) is 0 Å². The monoisotopic (exact) mass is 297 g/mol. The molecular formula is C14H23N3O2S. The number of carbonyl (C=O) groups is 1. The quantitative estimate of drug-likeness (QED) is 0.615. The van der Waals surface area contributed by atoms with Gasteiger partial charge >= 0.3 is 5.97 Å². The van der Waals surface area contributed by atoms with Gasteiger partial charge in [-0.1, -0.05) is 0 Å². The van der Waals surface area contributed by atoms with Crippen LogP contribution in [0.2, 0.25) is 0 Å². The molecule has 1 aliphatic carbocycles. The molecular weight excluding hydrogens is 274 g/mol. The molecule has 1 saturated carbocycles. The second kappa shape index (κ2) is 6.18. The number of aromatic nitrogens is 2. The Morgan fingerprint density at radius 2 is 2.35 bits per heavy atom. The second-order valence-electron chi connectivity index (χ2n) is 5.59. The Labute approximate surface area is 124 Å². The smallest absolute Gasteiger partial charge is 0.325 e. The maximum absolute atomic E-state index is 12.0. The summed E-state index contributed by atoms with van der Waals surface area (Å²) >= 11 is 1.72. The van der Waals surface area contributed by atoms with E-state index in [-0.39, 0.29) is 5.97 Å². The number of thioether (sulfide) groups is 1. The third kappa shape index (κ3) is 3.76. The minimum Gasteiger partial charge on any atom is -0.468 e. The summed E-state index contributed by atoms with van der Waals surface area (Å²) in [6, 6.07) is 2.54. The van der Waals surface area contributed by atoms with Crippen LogP contribution in [-0.2, 0) is 16.6 Å². The minimum atomic E-state index is -0.587. The Morgan fingerprint density at radius 1 is 1.65 bits per heavy atom. The lowest BCUT2D eigenvalue weighted by Crippen LogP contribution is -2.51. The van der Waals surface area contributed by atoms with E-state index in [4.69, 9.17) is 4.74 Å². The van der Waals surface area contributed by atoms with Crippen LogP contribution in [0.25, 0.3) is 0 Å². The Kier molecular flexibility index (Phi) is 4.75. The van der Waals surface area contributed by atoms with Crippen LogP contribution in [0.3, 0.4) is 0 Å². The molecule has 1 aromatic rings. The zero-order valence-corrected chi connectivity index (χ0v) is 13.4. The van der Waals surface area contributed by atoms with Crippen molar-refractivity contribution in [3.63, 3.8) is 0 Å². The average molecular weight is 297 g/mol. The van der Waals surface area contributed by atoms with Crippen LogP contribution in [-0.4, -0.2) is 40.2 Å². The van der Waals surface area contributed by atoms with Crippen LogP contribution >= 0.6 is 11.8 Å². The third-order valence-corrected chi connectivity index (χ3v) is 4.63. The lowest BCUT2D eigenvalue weighted by Gasteiger charge is -2.28. The highest BCUT2D eigenvalue weighted by Gasteiger charge is 2.38. The van der Waals surface area contributed by atoms with Crippen LogP contribution in [0, 0.1) is 6.92 Å². The van der Waals surface area contributed by atoms with E-state index in [1.54, 1.807) is 11.8 Å². The lowest BCUT2D eigenvalue weighted by atomic mass is 9.99. The molecule has 1 fully saturated rings. The zero-order valence-electron chi connectivity index (χ0n) is 12.6. The van der Waals surface area contributed by atoms with Crippen molar-refractivity contribution >= 4 is 17.7 Å². The lowest BCUT2D eigenvalue weighted by molar-refractivity contribution is -0.148. The van der Waals surface area contributed by atoms with E-state index >= 15 is 0 Å². The number of aryl methyl sites for hydroxylation is 2. The maximum atomic E-state index is 12.0. The molecule has 1 aliphatic rings. The van der Waals surface area contributed by atoms with Crippen molar-refractivity contribution in [1.29, 1.82) is 0 Å². The molecule has 6 heteroatoms. The van der Waals surface area contributed by atoms with Crippen molar-refractivity contribution in [3.05, 3.63) is 11.8 Å². The van der Waals surface area contributed by atoms with E-state index in [0.29, 0.717) is 6.04 Å². The molecule has 1 unspecified atom stereocenters. The topological polar surface area (TPSA) is 56.1 Å². The van der Waals surface area contributed by atoms with E-state index in [0.717, 1.165) is 35.7 Å². The van der Waals surface area contributed by atoms with Gasteiger partial charge in [-0.2, -0.15) is 5.10 Å². The minimum absolute atomic E-state index is 0.175. The molecule has 5 nitrogen and oxygen atoms in total. The SMILES string of the molecule is COC(=O)C(C)(CCSc1cc(C)nn1C)NC1CC1. The molecule has 0 aromatic carbocycles. The number of carbonyl (C=O) groups excluding carboxylic acids is 1. The summed E-state index contributed by atoms with van der Waals surface area (Å²) in [5.74, 6) is 0.677. The number of nitrogens with one attached hydrogen (secondary N) is 1. The summed E-state index contributed by atoms with van der Waals surface area (Å²) in [4.78, 5) is 12.0. The summed E-state index contributed by atoms with van der Waals surface area (Å²) in [5, 5.41) is 8.86. The zero-order chi connectivity index (χ0) is 14.8. The summed E-state index contributed by atoms with van der Waals surface area (Å²) in [5.41, 5.74) is 0.429. The molecule has 112 valence electrons. The summed E-state index contributed by atoms with van der Waals surface area (Å²) in [7, 11) is 3.39. The fraction of sp³-hybridized carbons (Fsp3) is 0.714. The summed E-state index contributed by atoms with van der Waals surface area (Å²) in [6.45, 7) is 3.92. The van der Waals surface area contributed by atoms with Crippen molar-refractivity contribution < 1.29 is 9.53 Å². The number of esters is 1. The van der Waals surface area contributed by atoms with Crippen LogP contribution in [0.5, 0.6) is 0 Å². The normalized spacial score (nSPS) is 17.8. The van der Waals surface area contributed by atoms with Gasteiger partial charge in [0, 0.05) is 18.8 Å². The summed E-state index contributed by atoms with van der Waals surface area (Å²) in [6.07, 6.45) is 3.05. The van der Waals surface area contributed by atoms with Gasteiger partial charge in [0.25, 0.3) is 0 Å². The molecule has 2 rings (SSSR count). The maximum Gasteiger partial charge on any atom is 0.325 e. The van der Waals surface area contributed by atoms with E-state index in [2.05, 4.69) is 16.5 Å². The van der Waals surface area contributed by atoms with Gasteiger partial charge in [0.2, 0.25) is 0 Å². The number of methoxy groups -OCH3 is 1. The standard InChI is InChI=1S/C14H23N3O2S/c1-10-9-12(17(3)16-10)20-8-7-14(2,13(18)19-4)15-11-5-6-11/h9,11,15H,5-8H2,1-4H3. The van der Waals surface area contributed by atoms with E-state index < -0.39 is 5.54 Å². The molecule has 0 aliphatic heterocycles. The fourth-order valence-electron chi connectivity index (χ4n) is 2.22. The van der Waals surface area contributed by atoms with Crippen molar-refractivity contribution in [1.82, 2.24) is 15.1 Å². The fourth-order valence-corrected chi connectivity index (χ4v) is 3.42. The highest BCUT2D eigenvalue weighted by Crippen LogP contribution is 2.27. The molecule has 1 atom stereocenters. The van der Waals surface area contributed by atoms with Gasteiger partial charge in [-0.3, -0.25) is 14.8 Å². The Morgan fingerprint density at radius 3 is 2.85 bits per heavy atom. The number of nitrogens with zero attached hydrogens (tertiary/aromatic N) is 2. The van der Waals surface area contributed by atoms with Crippen LogP contribution in [0.1, 0.15) is 31.9 Å².